The van der Waals surface area contributed by atoms with Crippen molar-refractivity contribution < 1.29 is 24.2 Å². The summed E-state index contributed by atoms with van der Waals surface area (Å²) in [6, 6.07) is 9.06. The Hall–Kier alpha value is -2.58. The zero-order valence-electron chi connectivity index (χ0n) is 21.6. The van der Waals surface area contributed by atoms with Gasteiger partial charge in [-0.2, -0.15) is 0 Å². The number of esters is 1. The maximum absolute atomic E-state index is 14.3. The topological polar surface area (TPSA) is 87.1 Å². The van der Waals surface area contributed by atoms with Crippen molar-refractivity contribution in [1.29, 1.82) is 0 Å². The van der Waals surface area contributed by atoms with Gasteiger partial charge in [0.25, 0.3) is 0 Å². The standard InChI is InChI=1S/C29H38N2O5S/c1-4-6-10-17-36-28(35)23-22-18-20(3)29(37-22)24(23)26(33)31(15-11-16-32)25(29)27(34)30(14-5-2)19-21-12-8-7-9-13-21/h4-5,7-9,12-13,20,22-25,32H,1-2,6,10-11,14-19H2,3H3/t20?,22-,23+,24+,25?,29?/m1/s1. The Bertz CT molecular complexity index is 1020. The Morgan fingerprint density at radius 2 is 2.00 bits per heavy atom. The molecule has 3 saturated heterocycles. The molecule has 200 valence electrons. The molecule has 2 bridgehead atoms. The van der Waals surface area contributed by atoms with Crippen LogP contribution in [0.25, 0.3) is 0 Å². The van der Waals surface area contributed by atoms with Crippen LogP contribution in [0.15, 0.2) is 55.6 Å². The average molecular weight is 527 g/mol. The molecule has 3 fully saturated rings. The number of amides is 2. The van der Waals surface area contributed by atoms with Gasteiger partial charge in [-0.05, 0) is 37.2 Å². The van der Waals surface area contributed by atoms with Gasteiger partial charge in [0.05, 0.1) is 23.2 Å². The smallest absolute Gasteiger partial charge is 0.310 e. The number of likely N-dealkylation sites (tertiary alicyclic amines) is 1. The van der Waals surface area contributed by atoms with E-state index in [0.29, 0.717) is 32.5 Å². The predicted molar refractivity (Wildman–Crippen MR) is 145 cm³/mol. The summed E-state index contributed by atoms with van der Waals surface area (Å²) in [7, 11) is 0. The van der Waals surface area contributed by atoms with E-state index in [0.717, 1.165) is 18.4 Å². The lowest BCUT2D eigenvalue weighted by Crippen LogP contribution is -2.57. The van der Waals surface area contributed by atoms with Gasteiger partial charge in [-0.1, -0.05) is 49.4 Å². The number of ether oxygens (including phenoxy) is 1. The number of aliphatic hydroxyl groups is 1. The van der Waals surface area contributed by atoms with Crippen molar-refractivity contribution >= 4 is 29.5 Å². The van der Waals surface area contributed by atoms with Crippen LogP contribution in [0.1, 0.15) is 38.2 Å². The molecule has 3 unspecified atom stereocenters. The number of aliphatic hydroxyl groups excluding tert-OH is 1. The molecule has 0 aliphatic carbocycles. The summed E-state index contributed by atoms with van der Waals surface area (Å²) in [6.07, 6.45) is 6.08. The van der Waals surface area contributed by atoms with E-state index in [4.69, 9.17) is 4.74 Å². The Labute approximate surface area is 223 Å². The molecule has 8 heteroatoms. The molecule has 0 radical (unpaired) electrons. The fraction of sp³-hybridized carbons (Fsp3) is 0.552. The third-order valence-corrected chi connectivity index (χ3v) is 10.1. The number of unbranched alkanes of at least 4 members (excludes halogenated alkanes) is 1. The van der Waals surface area contributed by atoms with Crippen molar-refractivity contribution in [3.8, 4) is 0 Å². The molecule has 4 rings (SSSR count). The molecule has 37 heavy (non-hydrogen) atoms. The van der Waals surface area contributed by atoms with Gasteiger partial charge in [-0.15, -0.1) is 24.9 Å². The number of nitrogens with zero attached hydrogens (tertiary/aromatic N) is 2. The van der Waals surface area contributed by atoms with Crippen molar-refractivity contribution in [2.45, 2.75) is 55.2 Å². The highest BCUT2D eigenvalue weighted by molar-refractivity contribution is 8.02. The third kappa shape index (κ3) is 4.98. The molecular formula is C29H38N2O5S. The average Bonchev–Trinajstić information content (AvgIpc) is 3.49. The van der Waals surface area contributed by atoms with Crippen molar-refractivity contribution in [2.75, 3.05) is 26.3 Å². The first-order valence-electron chi connectivity index (χ1n) is 13.2. The maximum Gasteiger partial charge on any atom is 0.310 e. The lowest BCUT2D eigenvalue weighted by molar-refractivity contribution is -0.154. The SMILES string of the molecule is C=CCCCOC(=O)[C@@H]1[C@H]2C(=O)N(CCCO)C(C(=O)N(CC=C)Cc3ccccc3)C23S[C@@H]1CC3C. The van der Waals surface area contributed by atoms with Crippen molar-refractivity contribution in [2.24, 2.45) is 17.8 Å². The second kappa shape index (κ2) is 11.9. The number of rotatable bonds is 13. The number of carbonyl (C=O) groups excluding carboxylic acids is 3. The van der Waals surface area contributed by atoms with Crippen LogP contribution in [0.5, 0.6) is 0 Å². The van der Waals surface area contributed by atoms with Gasteiger partial charge in [-0.3, -0.25) is 14.4 Å². The van der Waals surface area contributed by atoms with Crippen LogP contribution < -0.4 is 0 Å². The van der Waals surface area contributed by atoms with Gasteiger partial charge >= 0.3 is 5.97 Å². The summed E-state index contributed by atoms with van der Waals surface area (Å²) in [5.74, 6) is -1.72. The largest absolute Gasteiger partial charge is 0.465 e. The lowest BCUT2D eigenvalue weighted by Gasteiger charge is -2.40. The first-order chi connectivity index (χ1) is 17.9. The van der Waals surface area contributed by atoms with Crippen LogP contribution in [0.4, 0.5) is 0 Å². The molecule has 1 N–H and O–H groups in total. The monoisotopic (exact) mass is 526 g/mol. The molecule has 1 aromatic carbocycles. The van der Waals surface area contributed by atoms with E-state index in [2.05, 4.69) is 20.1 Å². The highest BCUT2D eigenvalue weighted by Gasteiger charge is 2.76. The minimum absolute atomic E-state index is 0.0480. The van der Waals surface area contributed by atoms with Crippen LogP contribution in [0.2, 0.25) is 0 Å². The molecule has 7 nitrogen and oxygen atoms in total. The fourth-order valence-corrected chi connectivity index (χ4v) is 8.81. The first kappa shape index (κ1) is 27.5. The summed E-state index contributed by atoms with van der Waals surface area (Å²) in [5.41, 5.74) is 0.996. The number of fused-ring (bicyclic) bond motifs is 1. The number of benzene rings is 1. The number of thioether (sulfide) groups is 1. The molecule has 6 atom stereocenters. The zero-order valence-corrected chi connectivity index (χ0v) is 22.4. The first-order valence-corrected chi connectivity index (χ1v) is 14.1. The highest BCUT2D eigenvalue weighted by atomic mass is 32.2. The Morgan fingerprint density at radius 1 is 1.24 bits per heavy atom. The third-order valence-electron chi connectivity index (χ3n) is 7.98. The fourth-order valence-electron chi connectivity index (χ4n) is 6.41. The summed E-state index contributed by atoms with van der Waals surface area (Å²) < 4.78 is 4.93. The van der Waals surface area contributed by atoms with E-state index >= 15 is 0 Å². The second-order valence-electron chi connectivity index (χ2n) is 10.3. The molecule has 1 aromatic rings. The number of hydrogen-bond donors (Lipinski definition) is 1. The Morgan fingerprint density at radius 3 is 2.68 bits per heavy atom. The van der Waals surface area contributed by atoms with Crippen LogP contribution in [-0.2, 0) is 25.7 Å². The number of carbonyl (C=O) groups is 3. The lowest BCUT2D eigenvalue weighted by atomic mass is 9.66. The zero-order chi connectivity index (χ0) is 26.6. The normalized spacial score (nSPS) is 29.7. The molecular weight excluding hydrogens is 488 g/mol. The van der Waals surface area contributed by atoms with E-state index in [1.165, 1.54) is 0 Å². The Kier molecular flexibility index (Phi) is 8.80. The maximum atomic E-state index is 14.3. The summed E-state index contributed by atoms with van der Waals surface area (Å²) in [5, 5.41) is 9.51. The van der Waals surface area contributed by atoms with Gasteiger partial charge in [0.1, 0.15) is 6.04 Å². The summed E-state index contributed by atoms with van der Waals surface area (Å²) in [6.45, 7) is 10.9. The van der Waals surface area contributed by atoms with Crippen molar-refractivity contribution in [3.63, 3.8) is 0 Å². The van der Waals surface area contributed by atoms with Crippen LogP contribution >= 0.6 is 11.8 Å². The quantitative estimate of drug-likeness (QED) is 0.241. The summed E-state index contributed by atoms with van der Waals surface area (Å²) >= 11 is 1.64. The second-order valence-corrected chi connectivity index (χ2v) is 11.8. The number of allylic oxidation sites excluding steroid dienone is 1. The van der Waals surface area contributed by atoms with Gasteiger partial charge < -0.3 is 19.6 Å². The van der Waals surface area contributed by atoms with Crippen molar-refractivity contribution in [1.82, 2.24) is 9.80 Å². The molecule has 2 amide bonds. The van der Waals surface area contributed by atoms with E-state index in [-0.39, 0.29) is 42.1 Å². The van der Waals surface area contributed by atoms with Gasteiger partial charge in [-0.25, -0.2) is 0 Å². The van der Waals surface area contributed by atoms with Gasteiger partial charge in [0.15, 0.2) is 0 Å². The molecule has 1 spiro atoms. The Balaban J connectivity index is 1.67. The van der Waals surface area contributed by atoms with E-state index < -0.39 is 22.6 Å². The molecule has 0 saturated carbocycles. The summed E-state index contributed by atoms with van der Waals surface area (Å²) in [4.78, 5) is 45.0. The number of hydrogen-bond acceptors (Lipinski definition) is 6. The van der Waals surface area contributed by atoms with Crippen LogP contribution in [0.3, 0.4) is 0 Å². The molecule has 0 aromatic heterocycles. The van der Waals surface area contributed by atoms with E-state index in [9.17, 15) is 19.5 Å². The van der Waals surface area contributed by atoms with Gasteiger partial charge in [0, 0.05) is 31.5 Å². The highest BCUT2D eigenvalue weighted by Crippen LogP contribution is 2.68. The van der Waals surface area contributed by atoms with Gasteiger partial charge in [0.2, 0.25) is 11.8 Å². The molecule has 3 aliphatic heterocycles. The minimum atomic E-state index is -0.705. The van der Waals surface area contributed by atoms with E-state index in [1.54, 1.807) is 33.7 Å². The molecule has 3 heterocycles. The van der Waals surface area contributed by atoms with Crippen LogP contribution in [-0.4, -0.2) is 75.0 Å². The molecule has 3 aliphatic rings. The van der Waals surface area contributed by atoms with Crippen LogP contribution in [0, 0.1) is 17.8 Å². The minimum Gasteiger partial charge on any atom is -0.465 e. The predicted octanol–water partition coefficient (Wildman–Crippen LogP) is 3.43. The van der Waals surface area contributed by atoms with Crippen molar-refractivity contribution in [3.05, 3.63) is 61.2 Å². The van der Waals surface area contributed by atoms with E-state index in [1.807, 2.05) is 30.3 Å².